The highest BCUT2D eigenvalue weighted by atomic mass is 35.5. The predicted molar refractivity (Wildman–Crippen MR) is 118 cm³/mol. The molecule has 1 aromatic heterocycles. The third kappa shape index (κ3) is 6.10. The largest absolute Gasteiger partial charge is 0.462 e. The van der Waals surface area contributed by atoms with Crippen LogP contribution in [0.2, 0.25) is 5.02 Å². The number of carbonyl (C=O) groups is 4. The van der Waals surface area contributed by atoms with E-state index in [0.717, 1.165) is 0 Å². The van der Waals surface area contributed by atoms with Crippen molar-refractivity contribution in [3.8, 4) is 0 Å². The van der Waals surface area contributed by atoms with Crippen molar-refractivity contribution in [2.45, 2.75) is 46.3 Å². The van der Waals surface area contributed by atoms with Crippen LogP contribution in [0.1, 0.15) is 64.0 Å². The Hall–Kier alpha value is -3.33. The van der Waals surface area contributed by atoms with E-state index in [1.165, 1.54) is 6.92 Å². The number of amides is 2. The molecule has 2 aromatic rings. The number of nitrogens with one attached hydrogen (secondary N) is 2. The summed E-state index contributed by atoms with van der Waals surface area (Å²) in [6.45, 7) is 6.59. The molecule has 9 nitrogen and oxygen atoms in total. The van der Waals surface area contributed by atoms with Gasteiger partial charge in [-0.25, -0.2) is 9.59 Å². The number of H-pyrrole nitrogens is 1. The Morgan fingerprint density at radius 2 is 1.78 bits per heavy atom. The lowest BCUT2D eigenvalue weighted by atomic mass is 10.0. The Morgan fingerprint density at radius 1 is 1.16 bits per heavy atom. The molecule has 0 spiro atoms. The van der Waals surface area contributed by atoms with E-state index in [0.29, 0.717) is 21.8 Å². The van der Waals surface area contributed by atoms with Crippen molar-refractivity contribution >= 4 is 35.4 Å². The standard InChI is InChI=1S/C22H26ClN3O6/c1-5-31-21(29)18-11(2)19(25-12(18)3)20(28)13(4)32-17(27)10-16(26-22(24)30)14-6-8-15(23)9-7-14/h6-9,13,16,25H,5,10H2,1-4H3,(H3,24,26,30). The van der Waals surface area contributed by atoms with Gasteiger partial charge in [-0.3, -0.25) is 9.59 Å². The third-order valence-corrected chi connectivity index (χ3v) is 5.05. The summed E-state index contributed by atoms with van der Waals surface area (Å²) < 4.78 is 10.3. The van der Waals surface area contributed by atoms with Crippen LogP contribution in [0.5, 0.6) is 0 Å². The minimum absolute atomic E-state index is 0.162. The zero-order chi connectivity index (χ0) is 24.0. The Labute approximate surface area is 190 Å². The molecule has 10 heteroatoms. The SMILES string of the molecule is CCOC(=O)c1c(C)[nH]c(C(=O)C(C)OC(=O)CC(NC(N)=O)c2ccc(Cl)cc2)c1C. The van der Waals surface area contributed by atoms with Gasteiger partial charge in [-0.15, -0.1) is 0 Å². The van der Waals surface area contributed by atoms with Crippen LogP contribution >= 0.6 is 11.6 Å². The Morgan fingerprint density at radius 3 is 2.34 bits per heavy atom. The second kappa shape index (κ2) is 10.8. The Kier molecular flexibility index (Phi) is 8.42. The summed E-state index contributed by atoms with van der Waals surface area (Å²) in [7, 11) is 0. The van der Waals surface area contributed by atoms with Gasteiger partial charge in [0, 0.05) is 10.7 Å². The van der Waals surface area contributed by atoms with Crippen molar-refractivity contribution in [3.05, 3.63) is 57.4 Å². The first-order valence-electron chi connectivity index (χ1n) is 9.96. The molecule has 0 aliphatic heterocycles. The highest BCUT2D eigenvalue weighted by Crippen LogP contribution is 2.23. The highest BCUT2D eigenvalue weighted by molar-refractivity contribution is 6.30. The van der Waals surface area contributed by atoms with Crippen LogP contribution in [0.3, 0.4) is 0 Å². The second-order valence-electron chi connectivity index (χ2n) is 7.16. The predicted octanol–water partition coefficient (Wildman–Crippen LogP) is 3.38. The van der Waals surface area contributed by atoms with E-state index >= 15 is 0 Å². The molecule has 2 rings (SSSR count). The topological polar surface area (TPSA) is 141 Å². The molecule has 0 fully saturated rings. The molecule has 0 radical (unpaired) electrons. The summed E-state index contributed by atoms with van der Waals surface area (Å²) in [6.07, 6.45) is -1.38. The number of halogens is 1. The van der Waals surface area contributed by atoms with E-state index in [4.69, 9.17) is 26.8 Å². The number of urea groups is 1. The summed E-state index contributed by atoms with van der Waals surface area (Å²) in [5.41, 5.74) is 7.16. The van der Waals surface area contributed by atoms with Crippen molar-refractivity contribution < 1.29 is 28.7 Å². The van der Waals surface area contributed by atoms with E-state index in [1.54, 1.807) is 45.0 Å². The maximum atomic E-state index is 12.9. The minimum atomic E-state index is -1.13. The van der Waals surface area contributed by atoms with E-state index in [2.05, 4.69) is 10.3 Å². The first kappa shape index (κ1) is 24.9. The van der Waals surface area contributed by atoms with Crippen molar-refractivity contribution in [1.29, 1.82) is 0 Å². The fourth-order valence-electron chi connectivity index (χ4n) is 3.29. The van der Waals surface area contributed by atoms with E-state index in [-0.39, 0.29) is 24.3 Å². The maximum absolute atomic E-state index is 12.9. The molecule has 0 aliphatic rings. The first-order chi connectivity index (χ1) is 15.0. The number of primary amides is 1. The summed E-state index contributed by atoms with van der Waals surface area (Å²) >= 11 is 5.88. The van der Waals surface area contributed by atoms with Crippen molar-refractivity contribution in [2.75, 3.05) is 6.61 Å². The molecule has 1 aromatic carbocycles. The van der Waals surface area contributed by atoms with E-state index in [9.17, 15) is 19.2 Å². The number of aryl methyl sites for hydroxylation is 1. The Bertz CT molecular complexity index is 1020. The second-order valence-corrected chi connectivity index (χ2v) is 7.60. The van der Waals surface area contributed by atoms with Gasteiger partial charge in [0.25, 0.3) is 0 Å². The van der Waals surface area contributed by atoms with Crippen molar-refractivity contribution in [2.24, 2.45) is 5.73 Å². The number of hydrogen-bond acceptors (Lipinski definition) is 6. The summed E-state index contributed by atoms with van der Waals surface area (Å²) in [5, 5.41) is 2.97. The molecular weight excluding hydrogens is 438 g/mol. The molecular formula is C22H26ClN3O6. The Balaban J connectivity index is 2.13. The number of hydrogen-bond donors (Lipinski definition) is 3. The quantitative estimate of drug-likeness (QED) is 0.384. The van der Waals surface area contributed by atoms with Gasteiger partial charge in [-0.05, 0) is 51.0 Å². The van der Waals surface area contributed by atoms with Gasteiger partial charge in [0.1, 0.15) is 0 Å². The molecule has 2 unspecified atom stereocenters. The zero-order valence-corrected chi connectivity index (χ0v) is 19.0. The van der Waals surface area contributed by atoms with E-state index < -0.39 is 35.9 Å². The maximum Gasteiger partial charge on any atom is 0.340 e. The number of ether oxygens (including phenoxy) is 2. The van der Waals surface area contributed by atoms with Crippen LogP contribution in [0.4, 0.5) is 4.79 Å². The van der Waals surface area contributed by atoms with Gasteiger partial charge in [-0.1, -0.05) is 23.7 Å². The van der Waals surface area contributed by atoms with Gasteiger partial charge in [-0.2, -0.15) is 0 Å². The average Bonchev–Trinajstić information content (AvgIpc) is 3.01. The van der Waals surface area contributed by atoms with E-state index in [1.807, 2.05) is 0 Å². The van der Waals surface area contributed by atoms with Crippen LogP contribution < -0.4 is 11.1 Å². The summed E-state index contributed by atoms with van der Waals surface area (Å²) in [6, 6.07) is 4.94. The average molecular weight is 464 g/mol. The molecule has 2 amide bonds. The van der Waals surface area contributed by atoms with Gasteiger partial charge >= 0.3 is 18.0 Å². The molecule has 4 N–H and O–H groups in total. The lowest BCUT2D eigenvalue weighted by Crippen LogP contribution is -2.35. The summed E-state index contributed by atoms with van der Waals surface area (Å²) in [5.74, 6) is -1.75. The molecule has 32 heavy (non-hydrogen) atoms. The van der Waals surface area contributed by atoms with Crippen LogP contribution in [0, 0.1) is 13.8 Å². The number of rotatable bonds is 9. The number of carbonyl (C=O) groups excluding carboxylic acids is 4. The van der Waals surface area contributed by atoms with Gasteiger partial charge in [0.2, 0.25) is 5.78 Å². The molecule has 0 aliphatic carbocycles. The van der Waals surface area contributed by atoms with Crippen LogP contribution in [-0.4, -0.2) is 41.4 Å². The van der Waals surface area contributed by atoms with Gasteiger partial charge in [0.05, 0.1) is 30.3 Å². The smallest absolute Gasteiger partial charge is 0.340 e. The number of esters is 2. The molecule has 1 heterocycles. The van der Waals surface area contributed by atoms with Crippen LogP contribution in [0.15, 0.2) is 24.3 Å². The molecule has 2 atom stereocenters. The highest BCUT2D eigenvalue weighted by Gasteiger charge is 2.28. The number of aromatic nitrogens is 1. The molecule has 0 saturated heterocycles. The molecule has 0 bridgehead atoms. The third-order valence-electron chi connectivity index (χ3n) is 4.80. The fourth-order valence-corrected chi connectivity index (χ4v) is 3.42. The van der Waals surface area contributed by atoms with Crippen molar-refractivity contribution in [3.63, 3.8) is 0 Å². The van der Waals surface area contributed by atoms with Gasteiger partial charge in [0.15, 0.2) is 6.10 Å². The van der Waals surface area contributed by atoms with Crippen LogP contribution in [-0.2, 0) is 14.3 Å². The van der Waals surface area contributed by atoms with Gasteiger partial charge < -0.3 is 25.5 Å². The first-order valence-corrected chi connectivity index (χ1v) is 10.3. The number of Topliss-reactive ketones (excluding diaryl/α,β-unsaturated/α-hetero) is 1. The molecule has 0 saturated carbocycles. The van der Waals surface area contributed by atoms with Crippen molar-refractivity contribution in [1.82, 2.24) is 10.3 Å². The zero-order valence-electron chi connectivity index (χ0n) is 18.3. The monoisotopic (exact) mass is 463 g/mol. The number of ketones is 1. The fraction of sp³-hybridized carbons (Fsp3) is 0.364. The molecule has 172 valence electrons. The lowest BCUT2D eigenvalue weighted by Gasteiger charge is -2.19. The summed E-state index contributed by atoms with van der Waals surface area (Å²) in [4.78, 5) is 51.7. The minimum Gasteiger partial charge on any atom is -0.462 e. The number of nitrogens with two attached hydrogens (primary N) is 1. The normalized spacial score (nSPS) is 12.5. The lowest BCUT2D eigenvalue weighted by molar-refractivity contribution is -0.146. The number of benzene rings is 1. The number of aromatic amines is 1. The van der Waals surface area contributed by atoms with Crippen LogP contribution in [0.25, 0.3) is 0 Å².